The second kappa shape index (κ2) is 5.12. The number of carbonyl (C=O) groups is 1. The van der Waals surface area contributed by atoms with E-state index < -0.39 is 10.7 Å². The number of hydrogen-bond donors (Lipinski definition) is 2. The fourth-order valence-corrected chi connectivity index (χ4v) is 3.92. The number of aliphatic hydroxyl groups excluding tert-OH is 1. The molecule has 2 N–H and O–H groups in total. The summed E-state index contributed by atoms with van der Waals surface area (Å²) in [6.07, 6.45) is 1.70. The second-order valence-corrected chi connectivity index (χ2v) is 5.61. The average molecular weight is 222 g/mol. The van der Waals surface area contributed by atoms with Gasteiger partial charge >= 0.3 is 5.97 Å². The van der Waals surface area contributed by atoms with Gasteiger partial charge in [-0.15, -0.1) is 11.8 Å². The summed E-state index contributed by atoms with van der Waals surface area (Å²) < 4.78 is -0.633. The standard InChI is InChI=1S/C8H14O3S2/c9-3-5-13-8(7(10)11)2-1-4-12-6-8/h9H,1-6H2,(H,10,11). The van der Waals surface area contributed by atoms with Crippen LogP contribution in [0.3, 0.4) is 0 Å². The van der Waals surface area contributed by atoms with Crippen LogP contribution in [0.1, 0.15) is 12.8 Å². The molecule has 0 amide bonds. The van der Waals surface area contributed by atoms with Crippen molar-refractivity contribution in [3.8, 4) is 0 Å². The molecule has 0 aromatic heterocycles. The van der Waals surface area contributed by atoms with Crippen molar-refractivity contribution in [3.63, 3.8) is 0 Å². The van der Waals surface area contributed by atoms with Gasteiger partial charge in [-0.05, 0) is 18.6 Å². The highest BCUT2D eigenvalue weighted by molar-refractivity contribution is 8.04. The Balaban J connectivity index is 2.56. The normalized spacial score (nSPS) is 28.7. The van der Waals surface area contributed by atoms with Crippen LogP contribution in [0, 0.1) is 0 Å². The van der Waals surface area contributed by atoms with E-state index in [0.717, 1.165) is 18.6 Å². The molecule has 0 radical (unpaired) electrons. The first-order chi connectivity index (χ1) is 6.21. The van der Waals surface area contributed by atoms with Crippen LogP contribution in [0.4, 0.5) is 0 Å². The highest BCUT2D eigenvalue weighted by atomic mass is 32.2. The molecule has 3 nitrogen and oxygen atoms in total. The summed E-state index contributed by atoms with van der Waals surface area (Å²) in [6, 6.07) is 0. The van der Waals surface area contributed by atoms with Crippen LogP contribution >= 0.6 is 23.5 Å². The van der Waals surface area contributed by atoms with Gasteiger partial charge in [0.2, 0.25) is 0 Å². The van der Waals surface area contributed by atoms with E-state index in [1.807, 2.05) is 0 Å². The van der Waals surface area contributed by atoms with Crippen LogP contribution < -0.4 is 0 Å². The third kappa shape index (κ3) is 2.79. The van der Waals surface area contributed by atoms with E-state index in [9.17, 15) is 4.79 Å². The van der Waals surface area contributed by atoms with Crippen molar-refractivity contribution in [1.29, 1.82) is 0 Å². The quantitative estimate of drug-likeness (QED) is 0.745. The smallest absolute Gasteiger partial charge is 0.320 e. The van der Waals surface area contributed by atoms with Crippen LogP contribution in [0.15, 0.2) is 0 Å². The maximum absolute atomic E-state index is 11.1. The lowest BCUT2D eigenvalue weighted by atomic mass is 10.1. The molecule has 0 bridgehead atoms. The summed E-state index contributed by atoms with van der Waals surface area (Å²) in [6.45, 7) is 0.0599. The number of aliphatic hydroxyl groups is 1. The molecule has 1 atom stereocenters. The molecule has 0 spiro atoms. The maximum atomic E-state index is 11.1. The lowest BCUT2D eigenvalue weighted by Gasteiger charge is -2.31. The predicted molar refractivity (Wildman–Crippen MR) is 56.5 cm³/mol. The zero-order valence-electron chi connectivity index (χ0n) is 7.36. The Morgan fingerprint density at radius 1 is 1.62 bits per heavy atom. The van der Waals surface area contributed by atoms with Gasteiger partial charge in [0.05, 0.1) is 6.61 Å². The van der Waals surface area contributed by atoms with Gasteiger partial charge < -0.3 is 10.2 Å². The zero-order chi connectivity index (χ0) is 9.73. The predicted octanol–water partition coefficient (Wildman–Crippen LogP) is 1.06. The fourth-order valence-electron chi connectivity index (χ4n) is 1.35. The summed E-state index contributed by atoms with van der Waals surface area (Å²) in [5, 5.41) is 17.8. The van der Waals surface area contributed by atoms with E-state index in [4.69, 9.17) is 10.2 Å². The molecule has 0 aliphatic carbocycles. The highest BCUT2D eigenvalue weighted by Crippen LogP contribution is 2.38. The van der Waals surface area contributed by atoms with Gasteiger partial charge in [0, 0.05) is 11.5 Å². The first-order valence-electron chi connectivity index (χ1n) is 4.27. The van der Waals surface area contributed by atoms with E-state index in [1.165, 1.54) is 11.8 Å². The van der Waals surface area contributed by atoms with Gasteiger partial charge in [-0.25, -0.2) is 0 Å². The van der Waals surface area contributed by atoms with Crippen LogP contribution in [-0.4, -0.2) is 44.8 Å². The molecule has 1 unspecified atom stereocenters. The molecule has 1 fully saturated rings. The Morgan fingerprint density at radius 3 is 2.85 bits per heavy atom. The highest BCUT2D eigenvalue weighted by Gasteiger charge is 2.40. The van der Waals surface area contributed by atoms with Gasteiger partial charge in [-0.3, -0.25) is 4.79 Å². The molecule has 1 rings (SSSR count). The van der Waals surface area contributed by atoms with Crippen molar-refractivity contribution in [1.82, 2.24) is 0 Å². The van der Waals surface area contributed by atoms with E-state index in [1.54, 1.807) is 11.8 Å². The topological polar surface area (TPSA) is 57.5 Å². The second-order valence-electron chi connectivity index (χ2n) is 3.03. The third-order valence-corrected chi connectivity index (χ3v) is 4.98. The maximum Gasteiger partial charge on any atom is 0.320 e. The molecule has 5 heteroatoms. The van der Waals surface area contributed by atoms with Crippen molar-refractivity contribution < 1.29 is 15.0 Å². The number of rotatable bonds is 4. The summed E-state index contributed by atoms with van der Waals surface area (Å²) in [4.78, 5) is 11.1. The zero-order valence-corrected chi connectivity index (χ0v) is 8.99. The van der Waals surface area contributed by atoms with E-state index >= 15 is 0 Å². The lowest BCUT2D eigenvalue weighted by Crippen LogP contribution is -2.40. The fraction of sp³-hybridized carbons (Fsp3) is 0.875. The summed E-state index contributed by atoms with van der Waals surface area (Å²) in [5.41, 5.74) is 0. The van der Waals surface area contributed by atoms with Gasteiger partial charge in [0.1, 0.15) is 4.75 Å². The molecule has 1 aliphatic rings. The number of aliphatic carboxylic acids is 1. The Bertz CT molecular complexity index is 178. The van der Waals surface area contributed by atoms with Gasteiger partial charge in [-0.1, -0.05) is 0 Å². The van der Waals surface area contributed by atoms with Crippen LogP contribution in [0.5, 0.6) is 0 Å². The molecule has 0 saturated carbocycles. The molecule has 1 heterocycles. The van der Waals surface area contributed by atoms with Crippen molar-refractivity contribution >= 4 is 29.5 Å². The average Bonchev–Trinajstić information content (AvgIpc) is 2.16. The summed E-state index contributed by atoms with van der Waals surface area (Å²) >= 11 is 3.08. The Morgan fingerprint density at radius 2 is 2.38 bits per heavy atom. The van der Waals surface area contributed by atoms with E-state index in [0.29, 0.717) is 11.5 Å². The minimum absolute atomic E-state index is 0.0599. The molecule has 76 valence electrons. The van der Waals surface area contributed by atoms with Gasteiger partial charge in [-0.2, -0.15) is 11.8 Å². The molecular formula is C8H14O3S2. The first-order valence-corrected chi connectivity index (χ1v) is 6.41. The molecular weight excluding hydrogens is 208 g/mol. The van der Waals surface area contributed by atoms with Crippen LogP contribution in [0.25, 0.3) is 0 Å². The van der Waals surface area contributed by atoms with Crippen LogP contribution in [-0.2, 0) is 4.79 Å². The Labute approximate surface area is 86.3 Å². The third-order valence-electron chi connectivity index (χ3n) is 2.06. The SMILES string of the molecule is O=C(O)C1(SCCO)CCCSC1. The molecule has 0 aromatic carbocycles. The minimum Gasteiger partial charge on any atom is -0.480 e. The number of carboxylic acids is 1. The molecule has 1 saturated heterocycles. The van der Waals surface area contributed by atoms with Crippen LogP contribution in [0.2, 0.25) is 0 Å². The van der Waals surface area contributed by atoms with Gasteiger partial charge in [0.25, 0.3) is 0 Å². The lowest BCUT2D eigenvalue weighted by molar-refractivity contribution is -0.139. The molecule has 13 heavy (non-hydrogen) atoms. The van der Waals surface area contributed by atoms with Crippen molar-refractivity contribution in [3.05, 3.63) is 0 Å². The molecule has 1 aliphatic heterocycles. The van der Waals surface area contributed by atoms with E-state index in [2.05, 4.69) is 0 Å². The minimum atomic E-state index is -0.724. The summed E-state index contributed by atoms with van der Waals surface area (Å²) in [5.74, 6) is 1.53. The number of carboxylic acid groups (broad SMARTS) is 1. The summed E-state index contributed by atoms with van der Waals surface area (Å²) in [7, 11) is 0. The Hall–Kier alpha value is 0.130. The first kappa shape index (κ1) is 11.2. The largest absolute Gasteiger partial charge is 0.480 e. The number of hydrogen-bond acceptors (Lipinski definition) is 4. The van der Waals surface area contributed by atoms with E-state index in [-0.39, 0.29) is 6.61 Å². The Kier molecular flexibility index (Phi) is 4.41. The van der Waals surface area contributed by atoms with Crippen molar-refractivity contribution in [2.45, 2.75) is 17.6 Å². The molecule has 0 aromatic rings. The monoisotopic (exact) mass is 222 g/mol. The number of thioether (sulfide) groups is 2. The van der Waals surface area contributed by atoms with Crippen molar-refractivity contribution in [2.24, 2.45) is 0 Å². The van der Waals surface area contributed by atoms with Gasteiger partial charge in [0.15, 0.2) is 0 Å². The van der Waals surface area contributed by atoms with Crippen molar-refractivity contribution in [2.75, 3.05) is 23.9 Å².